The molecule has 0 heterocycles. The topological polar surface area (TPSA) is 237 Å². The molecule has 666 valence electrons. The number of phosphoric ester groups is 2. The van der Waals surface area contributed by atoms with Crippen molar-refractivity contribution < 1.29 is 80.2 Å². The molecule has 0 rings (SSSR count). The summed E-state index contributed by atoms with van der Waals surface area (Å²) in [5, 5.41) is 10.7. The minimum absolute atomic E-state index is 0.109. The van der Waals surface area contributed by atoms with Gasteiger partial charge in [0.15, 0.2) is 12.2 Å². The summed E-state index contributed by atoms with van der Waals surface area (Å²) in [6.07, 6.45) is 82.0. The number of hydrogen-bond donors (Lipinski definition) is 3. The van der Waals surface area contributed by atoms with Gasteiger partial charge in [-0.2, -0.15) is 0 Å². The highest BCUT2D eigenvalue weighted by Crippen LogP contribution is 2.45. The zero-order chi connectivity index (χ0) is 81.8. The molecule has 0 amide bonds. The van der Waals surface area contributed by atoms with Gasteiger partial charge in [-0.1, -0.05) is 458 Å². The van der Waals surface area contributed by atoms with Crippen molar-refractivity contribution in [3.8, 4) is 0 Å². The fourth-order valence-electron chi connectivity index (χ4n) is 14.7. The summed E-state index contributed by atoms with van der Waals surface area (Å²) >= 11 is 0. The highest BCUT2D eigenvalue weighted by molar-refractivity contribution is 7.47. The number of phosphoric acid groups is 2. The van der Waals surface area contributed by atoms with Gasteiger partial charge in [-0.05, 0) is 31.6 Å². The lowest BCUT2D eigenvalue weighted by Crippen LogP contribution is -2.30. The zero-order valence-corrected chi connectivity index (χ0v) is 75.6. The molecule has 0 aliphatic rings. The van der Waals surface area contributed by atoms with Crippen LogP contribution in [0.25, 0.3) is 0 Å². The second-order valence-electron chi connectivity index (χ2n) is 33.9. The zero-order valence-electron chi connectivity index (χ0n) is 73.8. The number of rotatable bonds is 93. The van der Waals surface area contributed by atoms with Gasteiger partial charge >= 0.3 is 39.5 Å². The van der Waals surface area contributed by atoms with Crippen LogP contribution >= 0.6 is 15.6 Å². The average Bonchev–Trinajstić information content (AvgIpc) is 0.895. The summed E-state index contributed by atoms with van der Waals surface area (Å²) in [6, 6.07) is 0. The Hall–Kier alpha value is -1.94. The third kappa shape index (κ3) is 85.9. The van der Waals surface area contributed by atoms with Crippen LogP contribution in [0.15, 0.2) is 0 Å². The first-order valence-electron chi connectivity index (χ1n) is 48.1. The number of unbranched alkanes of at least 4 members (excludes halogenated alkanes) is 65. The number of aliphatic hydroxyl groups is 1. The summed E-state index contributed by atoms with van der Waals surface area (Å²) in [5.41, 5.74) is 0. The van der Waals surface area contributed by atoms with Crippen LogP contribution in [-0.2, 0) is 65.4 Å². The van der Waals surface area contributed by atoms with Crippen molar-refractivity contribution in [1.82, 2.24) is 0 Å². The maximum absolute atomic E-state index is 13.2. The third-order valence-corrected chi connectivity index (χ3v) is 23.9. The normalized spacial score (nSPS) is 13.7. The molecule has 0 saturated carbocycles. The molecule has 0 fully saturated rings. The molecule has 0 radical (unpaired) electrons. The fraction of sp³-hybridized carbons (Fsp3) is 0.957. The van der Waals surface area contributed by atoms with Gasteiger partial charge in [-0.25, -0.2) is 9.13 Å². The molecule has 17 nitrogen and oxygen atoms in total. The van der Waals surface area contributed by atoms with Crippen molar-refractivity contribution in [3.05, 3.63) is 0 Å². The summed E-state index contributed by atoms with van der Waals surface area (Å²) in [4.78, 5) is 73.5. The quantitative estimate of drug-likeness (QED) is 0.0222. The van der Waals surface area contributed by atoms with Crippen molar-refractivity contribution in [3.63, 3.8) is 0 Å². The van der Waals surface area contributed by atoms with E-state index in [1.807, 2.05) is 0 Å². The van der Waals surface area contributed by atoms with E-state index >= 15 is 0 Å². The van der Waals surface area contributed by atoms with E-state index < -0.39 is 97.5 Å². The molecule has 19 heteroatoms. The number of carbonyl (C=O) groups excluding carboxylic acids is 4. The van der Waals surface area contributed by atoms with Crippen molar-refractivity contribution in [2.75, 3.05) is 39.6 Å². The molecule has 112 heavy (non-hydrogen) atoms. The third-order valence-electron chi connectivity index (χ3n) is 22.0. The van der Waals surface area contributed by atoms with Crippen LogP contribution in [0.5, 0.6) is 0 Å². The average molecular weight is 1630 g/mol. The monoisotopic (exact) mass is 1630 g/mol. The van der Waals surface area contributed by atoms with Gasteiger partial charge in [0, 0.05) is 25.7 Å². The second-order valence-corrected chi connectivity index (χ2v) is 36.8. The van der Waals surface area contributed by atoms with Crippen LogP contribution in [0, 0.1) is 5.92 Å². The van der Waals surface area contributed by atoms with E-state index in [1.165, 1.54) is 334 Å². The Morgan fingerprint density at radius 3 is 0.607 bits per heavy atom. The van der Waals surface area contributed by atoms with Crippen molar-refractivity contribution in [1.29, 1.82) is 0 Å². The summed E-state index contributed by atoms with van der Waals surface area (Å²) < 4.78 is 69.1. The number of aliphatic hydroxyl groups excluding tert-OH is 1. The van der Waals surface area contributed by atoms with Crippen molar-refractivity contribution in [2.45, 2.75) is 528 Å². The molecule has 0 bridgehead atoms. The molecule has 0 aromatic carbocycles. The fourth-order valence-corrected chi connectivity index (χ4v) is 16.3. The van der Waals surface area contributed by atoms with Gasteiger partial charge in [0.1, 0.15) is 19.3 Å². The standard InChI is InChI=1S/C93H182O17P2/c1-6-9-12-15-18-21-24-27-29-31-33-35-37-39-44-48-53-58-63-68-73-78-92(97)110-89(83-104-91(96)77-72-67-62-57-52-47-43-38-36-34-32-30-28-25-22-19-16-13-10-7-2)85-108-112(101,102)106-81-87(94)80-105-111(99,100)107-84-88(82-103-90(95)76-71-66-61-56-51-26-23-20-17-14-11-8-3)109-93(98)79-74-69-64-59-54-49-45-41-40-42-46-50-55-60-65-70-75-86(4)5/h86-89,94H,6-85H2,1-5H3,(H,99,100)(H,101,102)/t87-,88+,89+/m0/s1. The summed E-state index contributed by atoms with van der Waals surface area (Å²) in [6.45, 7) is 7.44. The minimum Gasteiger partial charge on any atom is -0.462 e. The number of hydrogen-bond acceptors (Lipinski definition) is 15. The Labute approximate surface area is 689 Å². The van der Waals surface area contributed by atoms with Crippen molar-refractivity contribution >= 4 is 39.5 Å². The lowest BCUT2D eigenvalue weighted by Gasteiger charge is -2.21. The van der Waals surface area contributed by atoms with Crippen LogP contribution < -0.4 is 0 Å². The van der Waals surface area contributed by atoms with E-state index in [9.17, 15) is 43.2 Å². The molecule has 0 aliphatic carbocycles. The van der Waals surface area contributed by atoms with Gasteiger partial charge in [-0.3, -0.25) is 37.3 Å². The Morgan fingerprint density at radius 2 is 0.411 bits per heavy atom. The Balaban J connectivity index is 5.24. The Kier molecular flexibility index (Phi) is 84.0. The molecule has 5 atom stereocenters. The van der Waals surface area contributed by atoms with Gasteiger partial charge < -0.3 is 33.8 Å². The maximum atomic E-state index is 13.2. The molecule has 0 saturated heterocycles. The number of carbonyl (C=O) groups is 4. The van der Waals surface area contributed by atoms with Crippen LogP contribution in [0.2, 0.25) is 0 Å². The molecule has 2 unspecified atom stereocenters. The molecular weight excluding hydrogens is 1450 g/mol. The van der Waals surface area contributed by atoms with Crippen LogP contribution in [0.1, 0.15) is 510 Å². The summed E-state index contributed by atoms with van der Waals surface area (Å²) in [7, 11) is -9.94. The molecule has 0 aliphatic heterocycles. The number of esters is 4. The Morgan fingerprint density at radius 1 is 0.241 bits per heavy atom. The first kappa shape index (κ1) is 110. The predicted octanol–water partition coefficient (Wildman–Crippen LogP) is 29.1. The van der Waals surface area contributed by atoms with Gasteiger partial charge in [0.2, 0.25) is 0 Å². The van der Waals surface area contributed by atoms with E-state index in [4.69, 9.17) is 37.0 Å². The van der Waals surface area contributed by atoms with E-state index in [0.717, 1.165) is 95.8 Å². The maximum Gasteiger partial charge on any atom is 0.472 e. The van der Waals surface area contributed by atoms with Gasteiger partial charge in [0.25, 0.3) is 0 Å². The van der Waals surface area contributed by atoms with Crippen molar-refractivity contribution in [2.24, 2.45) is 5.92 Å². The lowest BCUT2D eigenvalue weighted by molar-refractivity contribution is -0.161. The highest BCUT2D eigenvalue weighted by Gasteiger charge is 2.31. The number of ether oxygens (including phenoxy) is 4. The highest BCUT2D eigenvalue weighted by atomic mass is 31.2. The molecule has 0 aromatic rings. The van der Waals surface area contributed by atoms with Crippen LogP contribution in [0.3, 0.4) is 0 Å². The van der Waals surface area contributed by atoms with E-state index in [0.29, 0.717) is 25.7 Å². The largest absolute Gasteiger partial charge is 0.472 e. The summed E-state index contributed by atoms with van der Waals surface area (Å²) in [5.74, 6) is -1.28. The SMILES string of the molecule is CCCCCCCCCCCCCCCCCCCCCCCC(=O)O[C@H](COC(=O)CCCCCCCCCCCCCCCCCCCCCC)COP(=O)(O)OC[C@@H](O)COP(=O)(O)OC[C@@H](COC(=O)CCCCCCCCCCCCCC)OC(=O)CCCCCCCCCCCCCCCCCCC(C)C. The second kappa shape index (κ2) is 85.5. The molecule has 0 spiro atoms. The van der Waals surface area contributed by atoms with Crippen LogP contribution in [-0.4, -0.2) is 96.7 Å². The molecule has 3 N–H and O–H groups in total. The van der Waals surface area contributed by atoms with Gasteiger partial charge in [-0.15, -0.1) is 0 Å². The molecule has 0 aromatic heterocycles. The predicted molar refractivity (Wildman–Crippen MR) is 465 cm³/mol. The lowest BCUT2D eigenvalue weighted by atomic mass is 10.0. The first-order valence-corrected chi connectivity index (χ1v) is 51.1. The molecular formula is C93H182O17P2. The first-order chi connectivity index (χ1) is 54.5. The van der Waals surface area contributed by atoms with Crippen LogP contribution in [0.4, 0.5) is 0 Å². The smallest absolute Gasteiger partial charge is 0.462 e. The minimum atomic E-state index is -4.97. The van der Waals surface area contributed by atoms with Gasteiger partial charge in [0.05, 0.1) is 26.4 Å². The Bertz CT molecular complexity index is 2120. The van der Waals surface area contributed by atoms with E-state index in [1.54, 1.807) is 0 Å². The van der Waals surface area contributed by atoms with E-state index in [-0.39, 0.29) is 25.7 Å². The van der Waals surface area contributed by atoms with E-state index in [2.05, 4.69) is 34.6 Å².